The highest BCUT2D eigenvalue weighted by atomic mass is 16.7. The summed E-state index contributed by atoms with van der Waals surface area (Å²) in [5.74, 6) is 1.80. The normalized spacial score (nSPS) is 55.4. The number of nitrogens with two attached hydrogens (primary N) is 1. The molecule has 1 spiro atoms. The van der Waals surface area contributed by atoms with Gasteiger partial charge in [0.05, 0.1) is 13.2 Å². The molecule has 0 aromatic rings. The Bertz CT molecular complexity index is 280. The van der Waals surface area contributed by atoms with Crippen molar-refractivity contribution in [3.63, 3.8) is 0 Å². The molecule has 2 N–H and O–H groups in total. The molecule has 84 valence electrons. The SMILES string of the molecule is NC12CC3CC(C1)C1(OCCO1)C(C3)C2. The predicted octanol–water partition coefficient (Wildman–Crippen LogP) is 1.27. The fourth-order valence-corrected chi connectivity index (χ4v) is 4.90. The molecule has 1 aliphatic heterocycles. The van der Waals surface area contributed by atoms with Gasteiger partial charge in [0, 0.05) is 17.4 Å². The summed E-state index contributed by atoms with van der Waals surface area (Å²) in [7, 11) is 0. The smallest absolute Gasteiger partial charge is 0.174 e. The minimum Gasteiger partial charge on any atom is -0.347 e. The maximum atomic E-state index is 6.46. The Balaban J connectivity index is 1.75. The Kier molecular flexibility index (Phi) is 1.54. The first kappa shape index (κ1) is 8.97. The molecule has 5 aliphatic rings. The van der Waals surface area contributed by atoms with Gasteiger partial charge in [-0.15, -0.1) is 0 Å². The van der Waals surface area contributed by atoms with Crippen LogP contribution in [0.5, 0.6) is 0 Å². The van der Waals surface area contributed by atoms with Crippen LogP contribution in [0.4, 0.5) is 0 Å². The summed E-state index contributed by atoms with van der Waals surface area (Å²) in [6.45, 7) is 1.57. The van der Waals surface area contributed by atoms with Gasteiger partial charge in [-0.05, 0) is 38.0 Å². The van der Waals surface area contributed by atoms with Gasteiger partial charge < -0.3 is 15.2 Å². The largest absolute Gasteiger partial charge is 0.347 e. The van der Waals surface area contributed by atoms with Crippen molar-refractivity contribution < 1.29 is 9.47 Å². The zero-order valence-corrected chi connectivity index (χ0v) is 9.08. The van der Waals surface area contributed by atoms with E-state index in [1.54, 1.807) is 0 Å². The van der Waals surface area contributed by atoms with Crippen molar-refractivity contribution in [2.24, 2.45) is 23.5 Å². The van der Waals surface area contributed by atoms with Gasteiger partial charge >= 0.3 is 0 Å². The van der Waals surface area contributed by atoms with Crippen LogP contribution < -0.4 is 5.73 Å². The minimum absolute atomic E-state index is 0.122. The summed E-state index contributed by atoms with van der Waals surface area (Å²) in [4.78, 5) is 0. The molecule has 2 atom stereocenters. The summed E-state index contributed by atoms with van der Waals surface area (Å²) >= 11 is 0. The summed E-state index contributed by atoms with van der Waals surface area (Å²) in [6, 6.07) is 0. The van der Waals surface area contributed by atoms with Gasteiger partial charge in [0.15, 0.2) is 5.79 Å². The van der Waals surface area contributed by atoms with Crippen molar-refractivity contribution in [2.45, 2.75) is 43.4 Å². The van der Waals surface area contributed by atoms with E-state index in [9.17, 15) is 0 Å². The Morgan fingerprint density at radius 1 is 0.933 bits per heavy atom. The molecule has 1 heterocycles. The molecular weight excluding hydrogens is 190 g/mol. The van der Waals surface area contributed by atoms with E-state index in [0.29, 0.717) is 11.8 Å². The number of hydrogen-bond acceptors (Lipinski definition) is 3. The summed E-state index contributed by atoms with van der Waals surface area (Å²) in [5, 5.41) is 0. The van der Waals surface area contributed by atoms with E-state index in [0.717, 1.165) is 32.0 Å². The van der Waals surface area contributed by atoms with Crippen molar-refractivity contribution in [1.82, 2.24) is 0 Å². The second kappa shape index (κ2) is 2.58. The highest BCUT2D eigenvalue weighted by Crippen LogP contribution is 2.61. The van der Waals surface area contributed by atoms with Crippen molar-refractivity contribution in [3.8, 4) is 0 Å². The van der Waals surface area contributed by atoms with E-state index in [1.165, 1.54) is 19.3 Å². The molecule has 3 heteroatoms. The van der Waals surface area contributed by atoms with Gasteiger partial charge in [-0.3, -0.25) is 0 Å². The molecule has 0 amide bonds. The lowest BCUT2D eigenvalue weighted by Crippen LogP contribution is -2.66. The third-order valence-electron chi connectivity index (χ3n) is 5.11. The van der Waals surface area contributed by atoms with Gasteiger partial charge in [0.2, 0.25) is 0 Å². The Hall–Kier alpha value is -0.120. The monoisotopic (exact) mass is 209 g/mol. The van der Waals surface area contributed by atoms with Gasteiger partial charge in [-0.25, -0.2) is 0 Å². The van der Waals surface area contributed by atoms with E-state index in [4.69, 9.17) is 15.2 Å². The van der Waals surface area contributed by atoms with Crippen LogP contribution in [0.1, 0.15) is 32.1 Å². The van der Waals surface area contributed by atoms with E-state index in [-0.39, 0.29) is 11.3 Å². The van der Waals surface area contributed by atoms with E-state index in [1.807, 2.05) is 0 Å². The molecule has 0 radical (unpaired) electrons. The Labute approximate surface area is 90.3 Å². The first-order chi connectivity index (χ1) is 7.20. The Morgan fingerprint density at radius 3 is 2.07 bits per heavy atom. The van der Waals surface area contributed by atoms with Crippen LogP contribution in [0, 0.1) is 17.8 Å². The van der Waals surface area contributed by atoms with E-state index < -0.39 is 0 Å². The van der Waals surface area contributed by atoms with Crippen LogP contribution in [0.3, 0.4) is 0 Å². The van der Waals surface area contributed by atoms with Gasteiger partial charge in [0.1, 0.15) is 0 Å². The van der Waals surface area contributed by atoms with E-state index >= 15 is 0 Å². The van der Waals surface area contributed by atoms with Crippen molar-refractivity contribution in [2.75, 3.05) is 13.2 Å². The quantitative estimate of drug-likeness (QED) is 0.653. The Morgan fingerprint density at radius 2 is 1.53 bits per heavy atom. The maximum Gasteiger partial charge on any atom is 0.174 e. The second-order valence-corrected chi connectivity index (χ2v) is 6.12. The van der Waals surface area contributed by atoms with Crippen LogP contribution in [-0.2, 0) is 9.47 Å². The van der Waals surface area contributed by atoms with Crippen LogP contribution in [0.25, 0.3) is 0 Å². The molecule has 4 saturated carbocycles. The van der Waals surface area contributed by atoms with Gasteiger partial charge in [-0.2, -0.15) is 0 Å². The summed E-state index contributed by atoms with van der Waals surface area (Å²) in [6.07, 6.45) is 6.07. The third kappa shape index (κ3) is 1.02. The zero-order valence-electron chi connectivity index (χ0n) is 9.08. The standard InChI is InChI=1S/C12H19NO2/c13-11-5-8-3-9(6-11)12(10(4-8)7-11)14-1-2-15-12/h8-10H,1-7,13H2. The zero-order chi connectivity index (χ0) is 10.1. The van der Waals surface area contributed by atoms with Crippen molar-refractivity contribution in [1.29, 1.82) is 0 Å². The molecule has 4 aliphatic carbocycles. The van der Waals surface area contributed by atoms with Crippen LogP contribution in [0.2, 0.25) is 0 Å². The maximum absolute atomic E-state index is 6.46. The van der Waals surface area contributed by atoms with Gasteiger partial charge in [0.25, 0.3) is 0 Å². The first-order valence-corrected chi connectivity index (χ1v) is 6.27. The third-order valence-corrected chi connectivity index (χ3v) is 5.11. The van der Waals surface area contributed by atoms with Crippen molar-refractivity contribution in [3.05, 3.63) is 0 Å². The fourth-order valence-electron chi connectivity index (χ4n) is 4.90. The second-order valence-electron chi connectivity index (χ2n) is 6.12. The molecule has 0 aromatic carbocycles. The molecule has 2 unspecified atom stereocenters. The number of rotatable bonds is 0. The topological polar surface area (TPSA) is 44.5 Å². The predicted molar refractivity (Wildman–Crippen MR) is 55.1 cm³/mol. The molecule has 15 heavy (non-hydrogen) atoms. The first-order valence-electron chi connectivity index (χ1n) is 6.27. The van der Waals surface area contributed by atoms with Crippen LogP contribution >= 0.6 is 0 Å². The molecule has 0 aromatic heterocycles. The highest BCUT2D eigenvalue weighted by molar-refractivity contribution is 5.12. The molecular formula is C12H19NO2. The highest BCUT2D eigenvalue weighted by Gasteiger charge is 2.63. The lowest BCUT2D eigenvalue weighted by molar-refractivity contribution is -0.290. The lowest BCUT2D eigenvalue weighted by atomic mass is 9.50. The molecule has 1 saturated heterocycles. The average Bonchev–Trinajstić information content (AvgIpc) is 2.61. The van der Waals surface area contributed by atoms with Crippen LogP contribution in [-0.4, -0.2) is 24.5 Å². The lowest BCUT2D eigenvalue weighted by Gasteiger charge is -2.61. The average molecular weight is 209 g/mol. The molecule has 5 rings (SSSR count). The summed E-state index contributed by atoms with van der Waals surface area (Å²) < 4.78 is 12.0. The van der Waals surface area contributed by atoms with E-state index in [2.05, 4.69) is 0 Å². The fraction of sp³-hybridized carbons (Fsp3) is 1.00. The molecule has 3 nitrogen and oxygen atoms in total. The number of ether oxygens (including phenoxy) is 2. The molecule has 5 fully saturated rings. The van der Waals surface area contributed by atoms with Gasteiger partial charge in [-0.1, -0.05) is 0 Å². The number of hydrogen-bond donors (Lipinski definition) is 1. The van der Waals surface area contributed by atoms with Crippen molar-refractivity contribution >= 4 is 0 Å². The molecule has 4 bridgehead atoms. The summed E-state index contributed by atoms with van der Waals surface area (Å²) in [5.41, 5.74) is 6.58. The van der Waals surface area contributed by atoms with Crippen LogP contribution in [0.15, 0.2) is 0 Å². The minimum atomic E-state index is -0.209.